The molecule has 2 aromatic carbocycles. The monoisotopic (exact) mass is 416 g/mol. The Morgan fingerprint density at radius 1 is 0.871 bits per heavy atom. The highest BCUT2D eigenvalue weighted by atomic mass is 16.6. The van der Waals surface area contributed by atoms with E-state index in [9.17, 15) is 5.11 Å². The van der Waals surface area contributed by atoms with Crippen molar-refractivity contribution in [2.24, 2.45) is 0 Å². The highest BCUT2D eigenvalue weighted by Crippen LogP contribution is 2.30. The third-order valence-corrected chi connectivity index (χ3v) is 5.71. The van der Waals surface area contributed by atoms with E-state index < -0.39 is 6.10 Å². The van der Waals surface area contributed by atoms with Crippen molar-refractivity contribution in [2.75, 3.05) is 13.2 Å². The first-order valence-electron chi connectivity index (χ1n) is 10.2. The molecule has 4 atom stereocenters. The Morgan fingerprint density at radius 3 is 2.45 bits per heavy atom. The fraction of sp³-hybridized carbons (Fsp3) is 0.261. The second-order valence-corrected chi connectivity index (χ2v) is 7.74. The number of aromatic amines is 1. The largest absolute Gasteiger partial charge is 0.456 e. The summed E-state index contributed by atoms with van der Waals surface area (Å²) in [7, 11) is 0. The summed E-state index contributed by atoms with van der Waals surface area (Å²) in [6.45, 7) is 0.599. The molecule has 2 saturated heterocycles. The number of fused-ring (bicyclic) bond motifs is 2. The highest BCUT2D eigenvalue weighted by Gasteiger charge is 2.48. The average molecular weight is 416 g/mol. The van der Waals surface area contributed by atoms with Crippen LogP contribution in [0.15, 0.2) is 60.8 Å². The maximum Gasteiger partial charge on any atom is 0.296 e. The molecular formula is C23H20N4O4. The number of hydrogen-bond acceptors (Lipinski definition) is 7. The van der Waals surface area contributed by atoms with Gasteiger partial charge in [0.25, 0.3) is 6.01 Å². The van der Waals surface area contributed by atoms with E-state index in [4.69, 9.17) is 14.2 Å². The van der Waals surface area contributed by atoms with Crippen LogP contribution in [0.4, 0.5) is 0 Å². The van der Waals surface area contributed by atoms with E-state index in [2.05, 4.69) is 44.2 Å². The van der Waals surface area contributed by atoms with E-state index in [-0.39, 0.29) is 24.9 Å². The molecule has 6 rings (SSSR count). The summed E-state index contributed by atoms with van der Waals surface area (Å²) < 4.78 is 17.1. The maximum absolute atomic E-state index is 9.87. The molecule has 31 heavy (non-hydrogen) atoms. The first kappa shape index (κ1) is 18.4. The molecule has 2 fully saturated rings. The fourth-order valence-electron chi connectivity index (χ4n) is 4.11. The number of rotatable bonds is 4. The minimum Gasteiger partial charge on any atom is -0.456 e. The maximum atomic E-state index is 9.87. The van der Waals surface area contributed by atoms with Crippen LogP contribution in [0.3, 0.4) is 0 Å². The predicted octanol–water partition coefficient (Wildman–Crippen LogP) is 2.59. The number of imidazole rings is 1. The zero-order valence-electron chi connectivity index (χ0n) is 16.5. The summed E-state index contributed by atoms with van der Waals surface area (Å²) >= 11 is 0. The molecule has 4 aromatic rings. The Morgan fingerprint density at radius 2 is 1.61 bits per heavy atom. The van der Waals surface area contributed by atoms with E-state index in [1.54, 1.807) is 6.20 Å². The van der Waals surface area contributed by atoms with Gasteiger partial charge in [-0.3, -0.25) is 0 Å². The molecule has 0 saturated carbocycles. The molecule has 8 heteroatoms. The zero-order valence-corrected chi connectivity index (χ0v) is 16.5. The number of ether oxygens (including phenoxy) is 3. The molecule has 2 aromatic heterocycles. The topological polar surface area (TPSA) is 102 Å². The lowest BCUT2D eigenvalue weighted by Crippen LogP contribution is -2.34. The second-order valence-electron chi connectivity index (χ2n) is 7.74. The Hall–Kier alpha value is -3.33. The van der Waals surface area contributed by atoms with Crippen LogP contribution in [-0.2, 0) is 9.47 Å². The summed E-state index contributed by atoms with van der Waals surface area (Å²) in [6, 6.07) is 18.7. The number of nitrogens with zero attached hydrogens (tertiary/aromatic N) is 3. The van der Waals surface area contributed by atoms with E-state index in [0.29, 0.717) is 29.6 Å². The number of benzene rings is 2. The smallest absolute Gasteiger partial charge is 0.296 e. The third kappa shape index (κ3) is 3.34. The van der Waals surface area contributed by atoms with Gasteiger partial charge in [0.2, 0.25) is 0 Å². The van der Waals surface area contributed by atoms with Gasteiger partial charge in [-0.15, -0.1) is 0 Å². The quantitative estimate of drug-likeness (QED) is 0.527. The van der Waals surface area contributed by atoms with Crippen molar-refractivity contribution < 1.29 is 19.3 Å². The van der Waals surface area contributed by atoms with Gasteiger partial charge in [0.1, 0.15) is 23.8 Å². The van der Waals surface area contributed by atoms with E-state index >= 15 is 0 Å². The molecule has 0 amide bonds. The van der Waals surface area contributed by atoms with Gasteiger partial charge in [0, 0.05) is 5.56 Å². The molecule has 2 aliphatic heterocycles. The molecule has 0 bridgehead atoms. The molecule has 4 heterocycles. The predicted molar refractivity (Wildman–Crippen MR) is 112 cm³/mol. The van der Waals surface area contributed by atoms with Crippen molar-refractivity contribution in [3.8, 4) is 28.5 Å². The minimum atomic E-state index is -0.615. The number of aromatic nitrogens is 4. The summed E-state index contributed by atoms with van der Waals surface area (Å²) in [5.74, 6) is 0.594. The summed E-state index contributed by atoms with van der Waals surface area (Å²) in [5.41, 5.74) is 4.42. The molecule has 156 valence electrons. The molecule has 2 aliphatic rings. The normalized spacial score (nSPS) is 25.1. The molecule has 0 spiro atoms. The number of aliphatic hydroxyl groups is 1. The van der Waals surface area contributed by atoms with Crippen LogP contribution >= 0.6 is 0 Å². The second kappa shape index (κ2) is 7.42. The highest BCUT2D eigenvalue weighted by molar-refractivity contribution is 5.74. The van der Waals surface area contributed by atoms with Gasteiger partial charge in [-0.1, -0.05) is 54.6 Å². The molecule has 0 radical (unpaired) electrons. The first-order chi connectivity index (χ1) is 15.2. The van der Waals surface area contributed by atoms with Crippen molar-refractivity contribution in [3.05, 3.63) is 60.8 Å². The lowest BCUT2D eigenvalue weighted by atomic mass is 10.0. The van der Waals surface area contributed by atoms with Crippen molar-refractivity contribution in [1.82, 2.24) is 19.9 Å². The van der Waals surface area contributed by atoms with Crippen molar-refractivity contribution in [1.29, 1.82) is 0 Å². The molecule has 0 aliphatic carbocycles. The van der Waals surface area contributed by atoms with Gasteiger partial charge in [-0.25, -0.2) is 9.97 Å². The lowest BCUT2D eigenvalue weighted by molar-refractivity contribution is 0.00706. The third-order valence-electron chi connectivity index (χ3n) is 5.71. The Bertz CT molecular complexity index is 1210. The molecule has 4 unspecified atom stereocenters. The Balaban J connectivity index is 1.23. The van der Waals surface area contributed by atoms with Crippen molar-refractivity contribution in [3.63, 3.8) is 0 Å². The Kier molecular flexibility index (Phi) is 4.41. The molecule has 8 nitrogen and oxygen atoms in total. The Labute approximate surface area is 177 Å². The van der Waals surface area contributed by atoms with Crippen LogP contribution in [0.25, 0.3) is 33.7 Å². The fourth-order valence-corrected chi connectivity index (χ4v) is 4.11. The minimum absolute atomic E-state index is 0.257. The van der Waals surface area contributed by atoms with Crippen LogP contribution in [0.1, 0.15) is 0 Å². The molecule has 2 N–H and O–H groups in total. The van der Waals surface area contributed by atoms with Crippen LogP contribution in [0.2, 0.25) is 0 Å². The van der Waals surface area contributed by atoms with Crippen LogP contribution in [-0.4, -0.2) is 62.7 Å². The number of aliphatic hydroxyl groups excluding tert-OH is 1. The van der Waals surface area contributed by atoms with Crippen molar-refractivity contribution in [2.45, 2.75) is 24.4 Å². The number of hydrogen-bond donors (Lipinski definition) is 2. The van der Waals surface area contributed by atoms with Gasteiger partial charge in [0.05, 0.1) is 19.4 Å². The van der Waals surface area contributed by atoms with E-state index in [1.165, 1.54) is 0 Å². The average Bonchev–Trinajstić information content (AvgIpc) is 3.51. The van der Waals surface area contributed by atoms with Gasteiger partial charge in [0.15, 0.2) is 17.6 Å². The zero-order chi connectivity index (χ0) is 20.8. The van der Waals surface area contributed by atoms with E-state index in [0.717, 1.165) is 16.7 Å². The number of H-pyrrole nitrogens is 1. The molecular weight excluding hydrogens is 396 g/mol. The number of nitrogens with one attached hydrogen (secondary N) is 1. The van der Waals surface area contributed by atoms with Crippen LogP contribution < -0.4 is 4.74 Å². The summed E-state index contributed by atoms with van der Waals surface area (Å²) in [4.78, 5) is 16.6. The van der Waals surface area contributed by atoms with Gasteiger partial charge < -0.3 is 24.3 Å². The standard InChI is InChI=1S/C23H20N4O4/c28-17-11-29-20-18(12-30-19(17)20)31-23-25-16-10-24-21(26-22(16)27-23)15-8-6-14(7-9-15)13-4-2-1-3-5-13/h1-10,17-20,28H,11-12H2,(H,24,25,26,27). The van der Waals surface area contributed by atoms with Gasteiger partial charge in [-0.2, -0.15) is 4.98 Å². The van der Waals surface area contributed by atoms with Crippen LogP contribution in [0.5, 0.6) is 6.01 Å². The van der Waals surface area contributed by atoms with E-state index in [1.807, 2.05) is 30.3 Å². The van der Waals surface area contributed by atoms with Crippen molar-refractivity contribution >= 4 is 11.2 Å². The SMILES string of the molecule is OC1COC2C(Oc3nc4nc(-c5ccc(-c6ccccc6)cc5)ncc4[nH]3)COC12. The first-order valence-corrected chi connectivity index (χ1v) is 10.2. The summed E-state index contributed by atoms with van der Waals surface area (Å²) in [6.07, 6.45) is 0.108. The van der Waals surface area contributed by atoms with Gasteiger partial charge >= 0.3 is 0 Å². The summed E-state index contributed by atoms with van der Waals surface area (Å²) in [5, 5.41) is 9.87. The lowest BCUT2D eigenvalue weighted by Gasteiger charge is -2.15. The van der Waals surface area contributed by atoms with Crippen LogP contribution in [0, 0.1) is 0 Å². The van der Waals surface area contributed by atoms with Gasteiger partial charge in [-0.05, 0) is 11.1 Å².